The molecule has 0 radical (unpaired) electrons. The lowest BCUT2D eigenvalue weighted by molar-refractivity contribution is 0.0520. The average molecular weight is 382 g/mol. The van der Waals surface area contributed by atoms with Gasteiger partial charge >= 0.3 is 5.97 Å². The Morgan fingerprint density at radius 3 is 2.60 bits per heavy atom. The standard InChI is InChI=1S/C18H21Cl2N3O2/c1-5-10-23(4)17-16(18(24)25-6-2)22-15(11(3)21-17)12-8-7-9-13(19)14(12)20/h7-9H,5-6,10H2,1-4H3. The van der Waals surface area contributed by atoms with E-state index in [-0.39, 0.29) is 12.3 Å². The van der Waals surface area contributed by atoms with Crippen molar-refractivity contribution in [3.8, 4) is 11.3 Å². The summed E-state index contributed by atoms with van der Waals surface area (Å²) < 4.78 is 5.15. The zero-order chi connectivity index (χ0) is 18.6. The first-order valence-corrected chi connectivity index (χ1v) is 8.87. The number of aromatic nitrogens is 2. The molecule has 2 aromatic rings. The third kappa shape index (κ3) is 4.22. The zero-order valence-corrected chi connectivity index (χ0v) is 16.3. The van der Waals surface area contributed by atoms with Crippen molar-refractivity contribution in [1.82, 2.24) is 9.97 Å². The number of anilines is 1. The Morgan fingerprint density at radius 2 is 1.96 bits per heavy atom. The largest absolute Gasteiger partial charge is 0.461 e. The normalized spacial score (nSPS) is 10.6. The van der Waals surface area contributed by atoms with Gasteiger partial charge in [0.05, 0.1) is 28.0 Å². The van der Waals surface area contributed by atoms with E-state index in [9.17, 15) is 4.79 Å². The number of nitrogens with zero attached hydrogens (tertiary/aromatic N) is 3. The number of benzene rings is 1. The molecule has 0 aliphatic rings. The number of hydrogen-bond donors (Lipinski definition) is 0. The number of ether oxygens (including phenoxy) is 1. The van der Waals surface area contributed by atoms with E-state index in [1.54, 1.807) is 25.1 Å². The summed E-state index contributed by atoms with van der Waals surface area (Å²) in [4.78, 5) is 23.5. The highest BCUT2D eigenvalue weighted by atomic mass is 35.5. The minimum absolute atomic E-state index is 0.175. The lowest BCUT2D eigenvalue weighted by Crippen LogP contribution is -2.24. The van der Waals surface area contributed by atoms with Gasteiger partial charge in [0.2, 0.25) is 0 Å². The van der Waals surface area contributed by atoms with Gasteiger partial charge in [-0.15, -0.1) is 0 Å². The summed E-state index contributed by atoms with van der Waals surface area (Å²) in [6.45, 7) is 6.65. The summed E-state index contributed by atoms with van der Waals surface area (Å²) >= 11 is 12.4. The van der Waals surface area contributed by atoms with Gasteiger partial charge in [0, 0.05) is 19.2 Å². The van der Waals surface area contributed by atoms with Crippen molar-refractivity contribution < 1.29 is 9.53 Å². The lowest BCUT2D eigenvalue weighted by atomic mass is 10.1. The molecule has 7 heteroatoms. The van der Waals surface area contributed by atoms with Gasteiger partial charge in [-0.2, -0.15) is 0 Å². The fourth-order valence-corrected chi connectivity index (χ4v) is 2.88. The smallest absolute Gasteiger partial charge is 0.360 e. The first-order chi connectivity index (χ1) is 11.9. The van der Waals surface area contributed by atoms with Crippen LogP contribution in [0.4, 0.5) is 5.82 Å². The van der Waals surface area contributed by atoms with Gasteiger partial charge in [-0.25, -0.2) is 14.8 Å². The second kappa shape index (κ2) is 8.50. The van der Waals surface area contributed by atoms with Crippen LogP contribution in [0.5, 0.6) is 0 Å². The van der Waals surface area contributed by atoms with Gasteiger partial charge in [0.15, 0.2) is 11.5 Å². The van der Waals surface area contributed by atoms with Crippen molar-refractivity contribution in [3.05, 3.63) is 39.6 Å². The predicted molar refractivity (Wildman–Crippen MR) is 102 cm³/mol. The van der Waals surface area contributed by atoms with Gasteiger partial charge < -0.3 is 9.64 Å². The van der Waals surface area contributed by atoms with Crippen LogP contribution in [0.15, 0.2) is 18.2 Å². The Morgan fingerprint density at radius 1 is 1.24 bits per heavy atom. The lowest BCUT2D eigenvalue weighted by Gasteiger charge is -2.21. The van der Waals surface area contributed by atoms with Gasteiger partial charge in [-0.3, -0.25) is 0 Å². The number of esters is 1. The molecule has 0 amide bonds. The highest BCUT2D eigenvalue weighted by molar-refractivity contribution is 6.43. The molecular formula is C18H21Cl2N3O2. The molecule has 1 heterocycles. The molecule has 5 nitrogen and oxygen atoms in total. The molecule has 0 saturated carbocycles. The third-order valence-electron chi connectivity index (χ3n) is 3.65. The summed E-state index contributed by atoms with van der Waals surface area (Å²) in [5.74, 6) is -0.00736. The molecule has 0 fully saturated rings. The Labute approximate surface area is 157 Å². The Bertz CT molecular complexity index is 781. The number of rotatable bonds is 6. The highest BCUT2D eigenvalue weighted by Gasteiger charge is 2.23. The van der Waals surface area contributed by atoms with E-state index in [1.165, 1.54) is 0 Å². The minimum Gasteiger partial charge on any atom is -0.461 e. The van der Waals surface area contributed by atoms with Crippen LogP contribution < -0.4 is 4.90 Å². The summed E-state index contributed by atoms with van der Waals surface area (Å²) in [5.41, 5.74) is 1.99. The number of hydrogen-bond acceptors (Lipinski definition) is 5. The molecular weight excluding hydrogens is 361 g/mol. The number of halogens is 2. The molecule has 0 saturated heterocycles. The summed E-state index contributed by atoms with van der Waals surface area (Å²) in [6, 6.07) is 5.28. The first-order valence-electron chi connectivity index (χ1n) is 8.11. The van der Waals surface area contributed by atoms with Crippen LogP contribution in [-0.2, 0) is 4.74 Å². The SMILES string of the molecule is CCCN(C)c1nc(C)c(-c2cccc(Cl)c2Cl)nc1C(=O)OCC. The second-order valence-corrected chi connectivity index (χ2v) is 6.36. The average Bonchev–Trinajstić information content (AvgIpc) is 2.58. The topological polar surface area (TPSA) is 55.3 Å². The zero-order valence-electron chi connectivity index (χ0n) is 14.8. The predicted octanol–water partition coefficient (Wildman–Crippen LogP) is 4.78. The van der Waals surface area contributed by atoms with Gasteiger partial charge in [-0.05, 0) is 26.3 Å². The Hall–Kier alpha value is -1.85. The summed E-state index contributed by atoms with van der Waals surface area (Å²) in [5, 5.41) is 0.802. The van der Waals surface area contributed by atoms with E-state index in [0.717, 1.165) is 13.0 Å². The Balaban J connectivity index is 2.65. The van der Waals surface area contributed by atoms with E-state index in [2.05, 4.69) is 16.9 Å². The van der Waals surface area contributed by atoms with Gasteiger partial charge in [-0.1, -0.05) is 42.3 Å². The molecule has 0 unspecified atom stereocenters. The van der Waals surface area contributed by atoms with E-state index in [1.807, 2.05) is 18.9 Å². The number of aryl methyl sites for hydroxylation is 1. The van der Waals surface area contributed by atoms with Crippen molar-refractivity contribution in [3.63, 3.8) is 0 Å². The van der Waals surface area contributed by atoms with Crippen LogP contribution >= 0.6 is 23.2 Å². The molecule has 2 rings (SSSR count). The van der Waals surface area contributed by atoms with Crippen LogP contribution in [0, 0.1) is 6.92 Å². The fraction of sp³-hybridized carbons (Fsp3) is 0.389. The van der Waals surface area contributed by atoms with Crippen LogP contribution in [-0.4, -0.2) is 36.1 Å². The first kappa shape index (κ1) is 19.5. The van der Waals surface area contributed by atoms with Crippen molar-refractivity contribution in [2.45, 2.75) is 27.2 Å². The minimum atomic E-state index is -0.507. The maximum Gasteiger partial charge on any atom is 0.360 e. The van der Waals surface area contributed by atoms with Crippen LogP contribution in [0.3, 0.4) is 0 Å². The monoisotopic (exact) mass is 381 g/mol. The van der Waals surface area contributed by atoms with Crippen molar-refractivity contribution in [2.24, 2.45) is 0 Å². The molecule has 0 aliphatic carbocycles. The van der Waals surface area contributed by atoms with E-state index in [4.69, 9.17) is 27.9 Å². The van der Waals surface area contributed by atoms with E-state index < -0.39 is 5.97 Å². The van der Waals surface area contributed by atoms with Crippen molar-refractivity contribution >= 4 is 35.0 Å². The fourth-order valence-electron chi connectivity index (χ4n) is 2.49. The molecule has 0 bridgehead atoms. The molecule has 1 aromatic carbocycles. The van der Waals surface area contributed by atoms with Crippen LogP contribution in [0.25, 0.3) is 11.3 Å². The summed E-state index contributed by atoms with van der Waals surface area (Å²) in [6.07, 6.45) is 0.918. The second-order valence-electron chi connectivity index (χ2n) is 5.57. The Kier molecular flexibility index (Phi) is 6.62. The molecule has 0 atom stereocenters. The summed E-state index contributed by atoms with van der Waals surface area (Å²) in [7, 11) is 1.88. The van der Waals surface area contributed by atoms with E-state index in [0.29, 0.717) is 32.8 Å². The maximum absolute atomic E-state index is 12.4. The van der Waals surface area contributed by atoms with Gasteiger partial charge in [0.25, 0.3) is 0 Å². The van der Waals surface area contributed by atoms with Crippen LogP contribution in [0.1, 0.15) is 36.5 Å². The maximum atomic E-state index is 12.4. The highest BCUT2D eigenvalue weighted by Crippen LogP contribution is 2.34. The van der Waals surface area contributed by atoms with Crippen LogP contribution in [0.2, 0.25) is 10.0 Å². The van der Waals surface area contributed by atoms with Crippen molar-refractivity contribution in [2.75, 3.05) is 25.1 Å². The molecule has 25 heavy (non-hydrogen) atoms. The molecule has 0 spiro atoms. The van der Waals surface area contributed by atoms with Gasteiger partial charge in [0.1, 0.15) is 0 Å². The molecule has 1 aromatic heterocycles. The molecule has 0 N–H and O–H groups in total. The number of carbonyl (C=O) groups excluding carboxylic acids is 1. The van der Waals surface area contributed by atoms with E-state index >= 15 is 0 Å². The third-order valence-corrected chi connectivity index (χ3v) is 4.47. The molecule has 0 aliphatic heterocycles. The molecule has 134 valence electrons. The quantitative estimate of drug-likeness (QED) is 0.673. The number of carbonyl (C=O) groups is 1. The van der Waals surface area contributed by atoms with Crippen molar-refractivity contribution in [1.29, 1.82) is 0 Å².